The Kier molecular flexibility index (Phi) is 5.52. The minimum absolute atomic E-state index is 0.697. The van der Waals surface area contributed by atoms with Crippen molar-refractivity contribution in [2.45, 2.75) is 32.2 Å². The summed E-state index contributed by atoms with van der Waals surface area (Å²) in [5.74, 6) is 0. The third-order valence-corrected chi connectivity index (χ3v) is 4.71. The Morgan fingerprint density at radius 3 is 2.39 bits per heavy atom. The highest BCUT2D eigenvalue weighted by atomic mass is 79.9. The molecule has 0 amide bonds. The molecule has 2 rings (SSSR count). The quantitative estimate of drug-likeness (QED) is 0.849. The second-order valence-corrected chi connectivity index (χ2v) is 6.49. The standard InChI is InChI=1S/C14H20Br2N2/c1-2-8-17-11-6-9-18(10-7-11)14-12(15)4-3-5-13(14)16/h3-5,11,17H,2,6-10H2,1H3. The van der Waals surface area contributed by atoms with Crippen molar-refractivity contribution in [2.75, 3.05) is 24.5 Å². The minimum atomic E-state index is 0.697. The van der Waals surface area contributed by atoms with E-state index in [0.717, 1.165) is 19.6 Å². The number of nitrogens with zero attached hydrogens (tertiary/aromatic N) is 1. The SMILES string of the molecule is CCCNC1CCN(c2c(Br)cccc2Br)CC1. The summed E-state index contributed by atoms with van der Waals surface area (Å²) in [5.41, 5.74) is 1.30. The Bertz CT molecular complexity index is 367. The van der Waals surface area contributed by atoms with Gasteiger partial charge in [-0.3, -0.25) is 0 Å². The van der Waals surface area contributed by atoms with Crippen molar-refractivity contribution < 1.29 is 0 Å². The van der Waals surface area contributed by atoms with Crippen LogP contribution < -0.4 is 10.2 Å². The van der Waals surface area contributed by atoms with Crippen molar-refractivity contribution >= 4 is 37.5 Å². The van der Waals surface area contributed by atoms with E-state index < -0.39 is 0 Å². The van der Waals surface area contributed by atoms with Crippen molar-refractivity contribution in [1.29, 1.82) is 0 Å². The molecular weight excluding hydrogens is 356 g/mol. The number of nitrogens with one attached hydrogen (secondary N) is 1. The van der Waals surface area contributed by atoms with Gasteiger partial charge >= 0.3 is 0 Å². The molecule has 1 saturated heterocycles. The van der Waals surface area contributed by atoms with Crippen LogP contribution in [-0.4, -0.2) is 25.7 Å². The predicted molar refractivity (Wildman–Crippen MR) is 85.4 cm³/mol. The largest absolute Gasteiger partial charge is 0.370 e. The van der Waals surface area contributed by atoms with Gasteiger partial charge in [-0.15, -0.1) is 0 Å². The van der Waals surface area contributed by atoms with Gasteiger partial charge in [-0.1, -0.05) is 13.0 Å². The molecule has 0 aromatic heterocycles. The molecule has 1 heterocycles. The molecule has 18 heavy (non-hydrogen) atoms. The summed E-state index contributed by atoms with van der Waals surface area (Å²) in [6, 6.07) is 6.98. The summed E-state index contributed by atoms with van der Waals surface area (Å²) >= 11 is 7.30. The van der Waals surface area contributed by atoms with E-state index in [0.29, 0.717) is 6.04 Å². The van der Waals surface area contributed by atoms with Crippen LogP contribution in [0.3, 0.4) is 0 Å². The van der Waals surface area contributed by atoms with Gasteiger partial charge in [0.05, 0.1) is 5.69 Å². The molecule has 100 valence electrons. The fraction of sp³-hybridized carbons (Fsp3) is 0.571. The monoisotopic (exact) mass is 374 g/mol. The third-order valence-electron chi connectivity index (χ3n) is 3.43. The van der Waals surface area contributed by atoms with Crippen molar-refractivity contribution in [1.82, 2.24) is 5.32 Å². The lowest BCUT2D eigenvalue weighted by Crippen LogP contribution is -2.43. The predicted octanol–water partition coefficient (Wildman–Crippen LogP) is 4.18. The molecule has 0 aliphatic carbocycles. The number of piperidine rings is 1. The highest BCUT2D eigenvalue weighted by Gasteiger charge is 2.21. The molecule has 2 nitrogen and oxygen atoms in total. The number of rotatable bonds is 4. The first-order valence-corrected chi connectivity index (χ1v) is 8.23. The highest BCUT2D eigenvalue weighted by Crippen LogP contribution is 2.35. The van der Waals surface area contributed by atoms with E-state index in [9.17, 15) is 0 Å². The van der Waals surface area contributed by atoms with Crippen LogP contribution in [0.1, 0.15) is 26.2 Å². The maximum atomic E-state index is 3.65. The first-order valence-electron chi connectivity index (χ1n) is 6.64. The Balaban J connectivity index is 1.97. The van der Waals surface area contributed by atoms with Crippen LogP contribution in [0.5, 0.6) is 0 Å². The average Bonchev–Trinajstić information content (AvgIpc) is 2.37. The van der Waals surface area contributed by atoms with Gasteiger partial charge in [-0.05, 0) is 69.8 Å². The van der Waals surface area contributed by atoms with Crippen LogP contribution in [-0.2, 0) is 0 Å². The zero-order valence-corrected chi connectivity index (χ0v) is 13.9. The van der Waals surface area contributed by atoms with Crippen molar-refractivity contribution in [2.24, 2.45) is 0 Å². The zero-order valence-electron chi connectivity index (χ0n) is 10.8. The lowest BCUT2D eigenvalue weighted by molar-refractivity contribution is 0.415. The maximum Gasteiger partial charge on any atom is 0.0655 e. The fourth-order valence-electron chi connectivity index (χ4n) is 2.45. The lowest BCUT2D eigenvalue weighted by atomic mass is 10.0. The van der Waals surface area contributed by atoms with Gasteiger partial charge in [0.15, 0.2) is 0 Å². The van der Waals surface area contributed by atoms with Crippen molar-refractivity contribution in [3.05, 3.63) is 27.1 Å². The lowest BCUT2D eigenvalue weighted by Gasteiger charge is -2.35. The van der Waals surface area contributed by atoms with E-state index in [1.165, 1.54) is 33.9 Å². The van der Waals surface area contributed by atoms with E-state index in [-0.39, 0.29) is 0 Å². The molecule has 1 aromatic carbocycles. The second kappa shape index (κ2) is 6.92. The van der Waals surface area contributed by atoms with E-state index in [2.05, 4.69) is 67.2 Å². The van der Waals surface area contributed by atoms with E-state index in [4.69, 9.17) is 0 Å². The van der Waals surface area contributed by atoms with Gasteiger partial charge in [0.2, 0.25) is 0 Å². The molecule has 0 saturated carbocycles. The Morgan fingerprint density at radius 2 is 1.83 bits per heavy atom. The van der Waals surface area contributed by atoms with Crippen LogP contribution in [0.4, 0.5) is 5.69 Å². The fourth-order valence-corrected chi connectivity index (χ4v) is 3.95. The number of para-hydroxylation sites is 1. The average molecular weight is 376 g/mol. The molecule has 1 aromatic rings. The molecule has 0 bridgehead atoms. The van der Waals surface area contributed by atoms with Crippen LogP contribution in [0.15, 0.2) is 27.1 Å². The summed E-state index contributed by atoms with van der Waals surface area (Å²) in [6.07, 6.45) is 3.68. The number of hydrogen-bond donors (Lipinski definition) is 1. The van der Waals surface area contributed by atoms with Gasteiger partial charge in [0.25, 0.3) is 0 Å². The molecule has 1 fully saturated rings. The molecule has 0 radical (unpaired) electrons. The maximum absolute atomic E-state index is 3.65. The zero-order chi connectivity index (χ0) is 13.0. The van der Waals surface area contributed by atoms with E-state index >= 15 is 0 Å². The molecule has 0 spiro atoms. The highest BCUT2D eigenvalue weighted by molar-refractivity contribution is 9.11. The van der Waals surface area contributed by atoms with Gasteiger partial charge in [0.1, 0.15) is 0 Å². The number of benzene rings is 1. The Morgan fingerprint density at radius 1 is 1.22 bits per heavy atom. The minimum Gasteiger partial charge on any atom is -0.370 e. The smallest absolute Gasteiger partial charge is 0.0655 e. The van der Waals surface area contributed by atoms with E-state index in [1.54, 1.807) is 0 Å². The third kappa shape index (κ3) is 3.49. The number of halogens is 2. The molecule has 0 atom stereocenters. The molecule has 1 aliphatic rings. The van der Waals surface area contributed by atoms with E-state index in [1.807, 2.05) is 0 Å². The normalized spacial score (nSPS) is 17.2. The van der Waals surface area contributed by atoms with Gasteiger partial charge in [-0.2, -0.15) is 0 Å². The first kappa shape index (κ1) is 14.4. The molecule has 4 heteroatoms. The summed E-state index contributed by atoms with van der Waals surface area (Å²) in [7, 11) is 0. The topological polar surface area (TPSA) is 15.3 Å². The van der Waals surface area contributed by atoms with Gasteiger partial charge < -0.3 is 10.2 Å². The number of hydrogen-bond acceptors (Lipinski definition) is 2. The van der Waals surface area contributed by atoms with Crippen LogP contribution in [0, 0.1) is 0 Å². The molecule has 0 unspecified atom stereocenters. The number of anilines is 1. The molecular formula is C14H20Br2N2. The Hall–Kier alpha value is -0.0600. The Labute approximate surface area is 126 Å². The van der Waals surface area contributed by atoms with Gasteiger partial charge in [-0.25, -0.2) is 0 Å². The summed E-state index contributed by atoms with van der Waals surface area (Å²) in [6.45, 7) is 5.62. The summed E-state index contributed by atoms with van der Waals surface area (Å²) < 4.78 is 2.36. The molecule has 1 N–H and O–H groups in total. The van der Waals surface area contributed by atoms with Gasteiger partial charge in [0, 0.05) is 28.1 Å². The molecule has 1 aliphatic heterocycles. The van der Waals surface area contributed by atoms with Crippen molar-refractivity contribution in [3.63, 3.8) is 0 Å². The second-order valence-electron chi connectivity index (χ2n) is 4.79. The van der Waals surface area contributed by atoms with Crippen molar-refractivity contribution in [3.8, 4) is 0 Å². The summed E-state index contributed by atoms with van der Waals surface area (Å²) in [4.78, 5) is 2.47. The summed E-state index contributed by atoms with van der Waals surface area (Å²) in [5, 5.41) is 3.62. The first-order chi connectivity index (χ1) is 8.72. The van der Waals surface area contributed by atoms with Crippen LogP contribution in [0.25, 0.3) is 0 Å². The van der Waals surface area contributed by atoms with Crippen LogP contribution in [0.2, 0.25) is 0 Å². The van der Waals surface area contributed by atoms with Crippen LogP contribution >= 0.6 is 31.9 Å².